The molecule has 0 aliphatic carbocycles. The largest absolute Gasteiger partial charge is 0.394 e. The van der Waals surface area contributed by atoms with E-state index in [2.05, 4.69) is 116 Å². The first-order valence-corrected chi connectivity index (χ1v) is 43.1. The SMILES string of the molecule is CC/C=C\C/C=C\C/C=C\C/C=C\C/C=C\C/C=C\CCCCCCCCCCCCCCCCCCCCCCCCC(=O)NC(COC1OC(CO)C(OC2OC(CO)C(OC3OC(CO)C(O)C(O)C3O)C(O)C2O)C(O)C1O)C(O)/C=C/CC/C=C/CC/C=C/CCCCCCCCCCCCCC. The lowest BCUT2D eigenvalue weighted by atomic mass is 9.96. The van der Waals surface area contributed by atoms with Gasteiger partial charge in [0.1, 0.15) is 73.2 Å². The van der Waals surface area contributed by atoms with Gasteiger partial charge in [0.2, 0.25) is 5.91 Å². The number of rotatable bonds is 68. The van der Waals surface area contributed by atoms with E-state index in [-0.39, 0.29) is 18.9 Å². The molecule has 3 aliphatic rings. The van der Waals surface area contributed by atoms with E-state index in [4.69, 9.17) is 28.4 Å². The van der Waals surface area contributed by atoms with Crippen LogP contribution in [0, 0.1) is 0 Å². The van der Waals surface area contributed by atoms with Crippen LogP contribution in [-0.4, -0.2) is 193 Å². The molecule has 624 valence electrons. The first kappa shape index (κ1) is 98.6. The maximum Gasteiger partial charge on any atom is 0.220 e. The Hall–Kier alpha value is -3.55. The standard InChI is InChI=1S/C89H155NO18/c1-3-5-7-9-11-13-15-17-19-21-23-25-27-28-29-30-31-32-33-34-35-36-37-38-39-40-41-42-43-44-45-47-49-51-53-55-57-59-61-63-65-67-77(95)90-72(73(94)66-64-62-60-58-56-54-52-50-48-46-26-24-22-20-18-16-14-12-10-8-6-4-2)71-103-87-83(101)80(98)85(75(69-92)105-87)108-89-84(102)81(99)86(76(70-93)106-89)107-88-82(100)79(97)78(96)74(68-91)104-88/h5,7,11,13,17,19,23,25,28-29,31-32,48,50,56,58,64,66,72-76,78-89,91-94,96-102H,3-4,6,8-10,12,14-16,18,20-22,24,26-27,30,33-47,49,51-55,57,59-63,65,67-71H2,1-2H3,(H,90,95)/b7-5-,13-11-,19-17-,25-23-,29-28-,32-31-,50-48+,58-56+,66-64+. The van der Waals surface area contributed by atoms with E-state index in [9.17, 15) is 61.0 Å². The summed E-state index contributed by atoms with van der Waals surface area (Å²) >= 11 is 0. The summed E-state index contributed by atoms with van der Waals surface area (Å²) in [5.41, 5.74) is 0. The molecule has 3 rings (SSSR count). The van der Waals surface area contributed by atoms with E-state index in [1.54, 1.807) is 6.08 Å². The Morgan fingerprint density at radius 1 is 0.343 bits per heavy atom. The molecule has 17 unspecified atom stereocenters. The highest BCUT2D eigenvalue weighted by Crippen LogP contribution is 2.33. The van der Waals surface area contributed by atoms with Gasteiger partial charge in [-0.05, 0) is 96.3 Å². The fourth-order valence-corrected chi connectivity index (χ4v) is 13.9. The summed E-state index contributed by atoms with van der Waals surface area (Å²) in [6.07, 6.45) is 68.1. The molecule has 0 aromatic heterocycles. The summed E-state index contributed by atoms with van der Waals surface area (Å²) in [5.74, 6) is -0.287. The summed E-state index contributed by atoms with van der Waals surface area (Å²) in [7, 11) is 0. The van der Waals surface area contributed by atoms with Gasteiger partial charge in [-0.25, -0.2) is 0 Å². The molecule has 0 bridgehead atoms. The molecule has 1 amide bonds. The average Bonchev–Trinajstić information content (AvgIpc) is 0.787. The lowest BCUT2D eigenvalue weighted by molar-refractivity contribution is -0.379. The van der Waals surface area contributed by atoms with Crippen molar-refractivity contribution < 1.29 is 89.4 Å². The van der Waals surface area contributed by atoms with Crippen molar-refractivity contribution in [3.63, 3.8) is 0 Å². The number of hydrogen-bond donors (Lipinski definition) is 12. The molecule has 17 atom stereocenters. The van der Waals surface area contributed by atoms with Gasteiger partial charge in [0.05, 0.1) is 38.6 Å². The maximum atomic E-state index is 13.5. The first-order valence-electron chi connectivity index (χ1n) is 43.1. The van der Waals surface area contributed by atoms with E-state index in [0.717, 1.165) is 83.5 Å². The van der Waals surface area contributed by atoms with Gasteiger partial charge in [-0.2, -0.15) is 0 Å². The summed E-state index contributed by atoms with van der Waals surface area (Å²) < 4.78 is 34.4. The van der Waals surface area contributed by atoms with Crippen LogP contribution in [0.3, 0.4) is 0 Å². The zero-order valence-electron chi connectivity index (χ0n) is 67.0. The number of aliphatic hydroxyl groups is 11. The van der Waals surface area contributed by atoms with Gasteiger partial charge in [-0.15, -0.1) is 0 Å². The molecule has 0 radical (unpaired) electrons. The van der Waals surface area contributed by atoms with Crippen molar-refractivity contribution in [3.05, 3.63) is 109 Å². The third kappa shape index (κ3) is 46.6. The minimum absolute atomic E-state index is 0.231. The van der Waals surface area contributed by atoms with Crippen molar-refractivity contribution in [3.8, 4) is 0 Å². The third-order valence-electron chi connectivity index (χ3n) is 20.8. The maximum absolute atomic E-state index is 13.5. The first-order chi connectivity index (χ1) is 52.8. The quantitative estimate of drug-likeness (QED) is 0.0199. The van der Waals surface area contributed by atoms with E-state index in [0.29, 0.717) is 12.8 Å². The van der Waals surface area contributed by atoms with Crippen LogP contribution in [0.5, 0.6) is 0 Å². The molecule has 0 aromatic rings. The second kappa shape index (κ2) is 67.9. The molecule has 19 nitrogen and oxygen atoms in total. The minimum atomic E-state index is -1.99. The predicted molar refractivity (Wildman–Crippen MR) is 434 cm³/mol. The molecule has 0 aromatic carbocycles. The van der Waals surface area contributed by atoms with Crippen molar-refractivity contribution in [1.29, 1.82) is 0 Å². The van der Waals surface area contributed by atoms with Gasteiger partial charge in [0.25, 0.3) is 0 Å². The smallest absolute Gasteiger partial charge is 0.220 e. The summed E-state index contributed by atoms with van der Waals surface area (Å²) in [5, 5.41) is 121. The Balaban J connectivity index is 1.31. The lowest BCUT2D eigenvalue weighted by Crippen LogP contribution is -2.66. The molecule has 12 N–H and O–H groups in total. The zero-order valence-corrected chi connectivity index (χ0v) is 67.0. The van der Waals surface area contributed by atoms with Gasteiger partial charge < -0.3 is 89.9 Å². The van der Waals surface area contributed by atoms with Crippen LogP contribution in [0.25, 0.3) is 0 Å². The molecule has 108 heavy (non-hydrogen) atoms. The second-order valence-corrected chi connectivity index (χ2v) is 30.2. The van der Waals surface area contributed by atoms with Crippen molar-refractivity contribution in [2.75, 3.05) is 26.4 Å². The van der Waals surface area contributed by atoms with Crippen molar-refractivity contribution in [2.24, 2.45) is 0 Å². The number of amides is 1. The van der Waals surface area contributed by atoms with E-state index in [1.165, 1.54) is 199 Å². The molecule has 3 heterocycles. The van der Waals surface area contributed by atoms with Crippen LogP contribution >= 0.6 is 0 Å². The summed E-state index contributed by atoms with van der Waals surface area (Å²) in [4.78, 5) is 13.5. The van der Waals surface area contributed by atoms with Gasteiger partial charge in [0, 0.05) is 6.42 Å². The van der Waals surface area contributed by atoms with Gasteiger partial charge >= 0.3 is 0 Å². The highest BCUT2D eigenvalue weighted by Gasteiger charge is 2.54. The van der Waals surface area contributed by atoms with Crippen molar-refractivity contribution >= 4 is 5.91 Å². The van der Waals surface area contributed by atoms with Gasteiger partial charge in [0.15, 0.2) is 18.9 Å². The molecular formula is C89H155NO18. The van der Waals surface area contributed by atoms with Crippen LogP contribution in [0.1, 0.15) is 316 Å². The Labute approximate surface area is 653 Å². The van der Waals surface area contributed by atoms with Crippen molar-refractivity contribution in [2.45, 2.75) is 420 Å². The number of carbonyl (C=O) groups is 1. The zero-order chi connectivity index (χ0) is 78.1. The fourth-order valence-electron chi connectivity index (χ4n) is 13.9. The molecule has 3 aliphatic heterocycles. The second-order valence-electron chi connectivity index (χ2n) is 30.2. The predicted octanol–water partition coefficient (Wildman–Crippen LogP) is 15.7. The van der Waals surface area contributed by atoms with Crippen LogP contribution in [0.15, 0.2) is 109 Å². The number of nitrogens with one attached hydrogen (secondary N) is 1. The molecular weight excluding hydrogens is 1370 g/mol. The molecule has 19 heteroatoms. The Morgan fingerprint density at radius 3 is 1.04 bits per heavy atom. The monoisotopic (exact) mass is 1530 g/mol. The van der Waals surface area contributed by atoms with Crippen LogP contribution < -0.4 is 5.32 Å². The fraction of sp³-hybridized carbons (Fsp3) is 0.787. The third-order valence-corrected chi connectivity index (χ3v) is 20.8. The van der Waals surface area contributed by atoms with E-state index >= 15 is 0 Å². The number of carbonyl (C=O) groups excluding carboxylic acids is 1. The molecule has 3 saturated heterocycles. The number of ether oxygens (including phenoxy) is 6. The normalized spacial score (nSPS) is 26.0. The minimum Gasteiger partial charge on any atom is -0.394 e. The molecule has 3 fully saturated rings. The van der Waals surface area contributed by atoms with Crippen LogP contribution in [0.2, 0.25) is 0 Å². The van der Waals surface area contributed by atoms with Crippen molar-refractivity contribution in [1.82, 2.24) is 5.32 Å². The van der Waals surface area contributed by atoms with Crippen LogP contribution in [0.4, 0.5) is 0 Å². The summed E-state index contributed by atoms with van der Waals surface area (Å²) in [6.45, 7) is 1.62. The summed E-state index contributed by atoms with van der Waals surface area (Å²) in [6, 6.07) is -1.00. The number of allylic oxidation sites excluding steroid dienone is 17. The van der Waals surface area contributed by atoms with E-state index in [1.807, 2.05) is 6.08 Å². The number of aliphatic hydroxyl groups excluding tert-OH is 11. The Morgan fingerprint density at radius 2 is 0.648 bits per heavy atom. The Bertz CT molecular complexity index is 2380. The number of hydrogen-bond acceptors (Lipinski definition) is 18. The highest BCUT2D eigenvalue weighted by molar-refractivity contribution is 5.76. The highest BCUT2D eigenvalue weighted by atomic mass is 16.8. The van der Waals surface area contributed by atoms with Gasteiger partial charge in [-0.1, -0.05) is 322 Å². The number of unbranched alkanes of at least 4 members (excludes halogenated alkanes) is 36. The van der Waals surface area contributed by atoms with Gasteiger partial charge in [-0.3, -0.25) is 4.79 Å². The molecule has 0 saturated carbocycles. The topological polar surface area (TPSA) is 307 Å². The lowest BCUT2D eigenvalue weighted by Gasteiger charge is -2.48. The Kier molecular flexibility index (Phi) is 62.0. The average molecular weight is 1530 g/mol. The van der Waals surface area contributed by atoms with Crippen LogP contribution in [-0.2, 0) is 33.2 Å². The molecule has 0 spiro atoms. The van der Waals surface area contributed by atoms with E-state index < -0.39 is 124 Å².